The van der Waals surface area contributed by atoms with Crippen molar-refractivity contribution in [1.29, 1.82) is 0 Å². The molecule has 0 radical (unpaired) electrons. The fraction of sp³-hybridized carbons (Fsp3) is 0.357. The summed E-state index contributed by atoms with van der Waals surface area (Å²) in [4.78, 5) is 0. The molecule has 0 N–H and O–H groups in total. The summed E-state index contributed by atoms with van der Waals surface area (Å²) in [6, 6.07) is 3.44. The summed E-state index contributed by atoms with van der Waals surface area (Å²) in [5.41, 5.74) is 2.42. The summed E-state index contributed by atoms with van der Waals surface area (Å²) in [5.74, 6) is 1.37. The van der Waals surface area contributed by atoms with E-state index in [-0.39, 0.29) is 12.5 Å². The zero-order valence-electron chi connectivity index (χ0n) is 11.9. The van der Waals surface area contributed by atoms with E-state index in [1.54, 1.807) is 31.0 Å². The summed E-state index contributed by atoms with van der Waals surface area (Å²) >= 11 is 18.2. The lowest BCUT2D eigenvalue weighted by Crippen LogP contribution is -2.02. The molecule has 7 heteroatoms. The highest BCUT2D eigenvalue weighted by Crippen LogP contribution is 2.36. The second-order valence-corrected chi connectivity index (χ2v) is 5.56. The minimum atomic E-state index is 0.270. The molecule has 0 aliphatic heterocycles. The first-order valence-corrected chi connectivity index (χ1v) is 7.50. The summed E-state index contributed by atoms with van der Waals surface area (Å²) in [5, 5.41) is 5.34. The third-order valence-electron chi connectivity index (χ3n) is 3.09. The molecule has 0 bridgehead atoms. The van der Waals surface area contributed by atoms with Gasteiger partial charge in [0.05, 0.1) is 18.7 Å². The summed E-state index contributed by atoms with van der Waals surface area (Å²) in [6.07, 6.45) is 0. The molecule has 0 spiro atoms. The van der Waals surface area contributed by atoms with Crippen LogP contribution in [0.5, 0.6) is 11.5 Å². The second kappa shape index (κ2) is 6.77. The third kappa shape index (κ3) is 3.39. The number of halogens is 3. The van der Waals surface area contributed by atoms with Gasteiger partial charge in [0.15, 0.2) is 11.5 Å². The van der Waals surface area contributed by atoms with Crippen LogP contribution in [-0.4, -0.2) is 16.9 Å². The van der Waals surface area contributed by atoms with Gasteiger partial charge in [0.2, 0.25) is 0 Å². The Labute approximate surface area is 138 Å². The summed E-state index contributed by atoms with van der Waals surface area (Å²) < 4.78 is 12.8. The van der Waals surface area contributed by atoms with Gasteiger partial charge in [0.1, 0.15) is 11.8 Å². The summed E-state index contributed by atoms with van der Waals surface area (Å²) in [6.45, 7) is 2.16. The van der Waals surface area contributed by atoms with E-state index in [0.717, 1.165) is 16.8 Å². The standard InChI is InChI=1S/C14H15Cl3N2O2/c1-8-11(14(17)19(2)18-8)7-21-13-9(6-15)4-10(16)5-12(13)20-3/h4-5H,6-7H2,1-3H3. The van der Waals surface area contributed by atoms with E-state index in [9.17, 15) is 0 Å². The maximum absolute atomic E-state index is 6.19. The highest BCUT2D eigenvalue weighted by Gasteiger charge is 2.16. The number of aromatic nitrogens is 2. The molecule has 0 aliphatic carbocycles. The first kappa shape index (κ1) is 16.3. The maximum atomic E-state index is 6.19. The second-order valence-electron chi connectivity index (χ2n) is 4.50. The average molecular weight is 350 g/mol. The molecule has 114 valence electrons. The number of nitrogens with zero attached hydrogens (tertiary/aromatic N) is 2. The third-order valence-corrected chi connectivity index (χ3v) is 4.07. The van der Waals surface area contributed by atoms with Crippen molar-refractivity contribution < 1.29 is 9.47 Å². The van der Waals surface area contributed by atoms with Gasteiger partial charge in [0, 0.05) is 29.3 Å². The van der Waals surface area contributed by atoms with Gasteiger partial charge in [-0.3, -0.25) is 4.68 Å². The van der Waals surface area contributed by atoms with E-state index in [0.29, 0.717) is 21.7 Å². The monoisotopic (exact) mass is 348 g/mol. The van der Waals surface area contributed by atoms with Crippen LogP contribution in [-0.2, 0) is 19.5 Å². The van der Waals surface area contributed by atoms with Crippen LogP contribution in [0.3, 0.4) is 0 Å². The molecule has 0 saturated heterocycles. The zero-order valence-corrected chi connectivity index (χ0v) is 14.2. The van der Waals surface area contributed by atoms with E-state index < -0.39 is 0 Å². The van der Waals surface area contributed by atoms with Crippen LogP contribution in [0.25, 0.3) is 0 Å². The Morgan fingerprint density at radius 3 is 2.52 bits per heavy atom. The van der Waals surface area contributed by atoms with Gasteiger partial charge in [-0.05, 0) is 13.0 Å². The number of benzene rings is 1. The van der Waals surface area contributed by atoms with Gasteiger partial charge in [-0.2, -0.15) is 5.10 Å². The highest BCUT2D eigenvalue weighted by atomic mass is 35.5. The van der Waals surface area contributed by atoms with Crippen molar-refractivity contribution in [3.8, 4) is 11.5 Å². The number of rotatable bonds is 5. The van der Waals surface area contributed by atoms with Crippen LogP contribution in [0.2, 0.25) is 10.2 Å². The van der Waals surface area contributed by atoms with Gasteiger partial charge in [0.25, 0.3) is 0 Å². The van der Waals surface area contributed by atoms with Crippen LogP contribution < -0.4 is 9.47 Å². The molecule has 2 aromatic rings. The summed E-state index contributed by atoms with van der Waals surface area (Å²) in [7, 11) is 3.34. The molecule has 0 fully saturated rings. The number of hydrogen-bond acceptors (Lipinski definition) is 3. The highest BCUT2D eigenvalue weighted by molar-refractivity contribution is 6.31. The number of alkyl halides is 1. The van der Waals surface area contributed by atoms with Crippen LogP contribution in [0.15, 0.2) is 12.1 Å². The quantitative estimate of drug-likeness (QED) is 0.752. The van der Waals surface area contributed by atoms with Crippen molar-refractivity contribution in [3.05, 3.63) is 39.1 Å². The molecular formula is C14H15Cl3N2O2. The number of ether oxygens (including phenoxy) is 2. The van der Waals surface area contributed by atoms with Crippen molar-refractivity contribution in [2.24, 2.45) is 7.05 Å². The van der Waals surface area contributed by atoms with Gasteiger partial charge in [-0.15, -0.1) is 11.6 Å². The van der Waals surface area contributed by atoms with E-state index in [1.165, 1.54) is 0 Å². The topological polar surface area (TPSA) is 36.3 Å². The molecule has 0 amide bonds. The van der Waals surface area contributed by atoms with E-state index in [4.69, 9.17) is 44.3 Å². The molecule has 0 atom stereocenters. The molecule has 4 nitrogen and oxygen atoms in total. The molecular weight excluding hydrogens is 335 g/mol. The predicted octanol–water partition coefficient (Wildman–Crippen LogP) is 4.36. The first-order valence-electron chi connectivity index (χ1n) is 6.21. The predicted molar refractivity (Wildman–Crippen MR) is 84.8 cm³/mol. The lowest BCUT2D eigenvalue weighted by Gasteiger charge is -2.14. The van der Waals surface area contributed by atoms with Gasteiger partial charge < -0.3 is 9.47 Å². The maximum Gasteiger partial charge on any atom is 0.166 e. The average Bonchev–Trinajstić information content (AvgIpc) is 2.70. The Balaban J connectivity index is 2.31. The minimum absolute atomic E-state index is 0.270. The van der Waals surface area contributed by atoms with Crippen LogP contribution in [0.4, 0.5) is 0 Å². The van der Waals surface area contributed by atoms with Crippen LogP contribution in [0.1, 0.15) is 16.8 Å². The Bertz CT molecular complexity index is 631. The first-order chi connectivity index (χ1) is 9.97. The minimum Gasteiger partial charge on any atom is -0.493 e. The number of aryl methyl sites for hydroxylation is 2. The van der Waals surface area contributed by atoms with E-state index in [1.807, 2.05) is 6.92 Å². The lowest BCUT2D eigenvalue weighted by atomic mass is 10.2. The normalized spacial score (nSPS) is 10.8. The molecule has 0 aliphatic rings. The van der Waals surface area contributed by atoms with Crippen molar-refractivity contribution in [3.63, 3.8) is 0 Å². The molecule has 1 aromatic heterocycles. The molecule has 21 heavy (non-hydrogen) atoms. The van der Waals surface area contributed by atoms with Crippen molar-refractivity contribution in [1.82, 2.24) is 9.78 Å². The van der Waals surface area contributed by atoms with Crippen LogP contribution >= 0.6 is 34.8 Å². The molecule has 0 saturated carbocycles. The SMILES string of the molecule is COc1cc(Cl)cc(CCl)c1OCc1c(C)nn(C)c1Cl. The van der Waals surface area contributed by atoms with Crippen molar-refractivity contribution in [2.45, 2.75) is 19.4 Å². The Hall–Kier alpha value is -1.10. The number of methoxy groups -OCH3 is 1. The number of hydrogen-bond donors (Lipinski definition) is 0. The van der Waals surface area contributed by atoms with Gasteiger partial charge in [-0.1, -0.05) is 23.2 Å². The Morgan fingerprint density at radius 1 is 1.29 bits per heavy atom. The fourth-order valence-electron chi connectivity index (χ4n) is 2.02. The van der Waals surface area contributed by atoms with Crippen molar-refractivity contribution in [2.75, 3.05) is 7.11 Å². The van der Waals surface area contributed by atoms with Crippen molar-refractivity contribution >= 4 is 34.8 Å². The van der Waals surface area contributed by atoms with E-state index >= 15 is 0 Å². The molecule has 2 rings (SSSR count). The van der Waals surface area contributed by atoms with E-state index in [2.05, 4.69) is 5.10 Å². The Kier molecular flexibility index (Phi) is 5.25. The molecule has 0 unspecified atom stereocenters. The Morgan fingerprint density at radius 2 is 2.00 bits per heavy atom. The smallest absolute Gasteiger partial charge is 0.166 e. The molecule has 1 aromatic carbocycles. The van der Waals surface area contributed by atoms with Gasteiger partial charge >= 0.3 is 0 Å². The fourth-order valence-corrected chi connectivity index (χ4v) is 2.68. The lowest BCUT2D eigenvalue weighted by molar-refractivity contribution is 0.281. The van der Waals surface area contributed by atoms with Crippen LogP contribution in [0, 0.1) is 6.92 Å². The largest absolute Gasteiger partial charge is 0.493 e. The van der Waals surface area contributed by atoms with Gasteiger partial charge in [-0.25, -0.2) is 0 Å². The molecule has 1 heterocycles. The zero-order chi connectivity index (χ0) is 15.6.